The molecule has 13 rings (SSSR count). The van der Waals surface area contributed by atoms with Gasteiger partial charge in [0.1, 0.15) is 0 Å². The molecule has 2 heteroatoms. The third-order valence-electron chi connectivity index (χ3n) is 14.0. The minimum atomic E-state index is 1.08. The molecule has 0 fully saturated rings. The molecule has 0 aliphatic rings. The Labute approximate surface area is 408 Å². The van der Waals surface area contributed by atoms with E-state index in [9.17, 15) is 0 Å². The molecular weight excluding hydrogens is 845 g/mol. The molecule has 1 aromatic heterocycles. The van der Waals surface area contributed by atoms with Crippen LogP contribution in [0.4, 0.5) is 17.1 Å². The lowest BCUT2D eigenvalue weighted by atomic mass is 9.94. The fourth-order valence-electron chi connectivity index (χ4n) is 10.6. The lowest BCUT2D eigenvalue weighted by molar-refractivity contribution is 1.19. The van der Waals surface area contributed by atoms with Crippen molar-refractivity contribution in [1.82, 2.24) is 4.57 Å². The first-order valence-electron chi connectivity index (χ1n) is 24.1. The number of hydrogen-bond donors (Lipinski definition) is 0. The average molecular weight is 891 g/mol. The Bertz CT molecular complexity index is 4030. The summed E-state index contributed by atoms with van der Waals surface area (Å²) >= 11 is 0. The van der Waals surface area contributed by atoms with Crippen molar-refractivity contribution < 1.29 is 0 Å². The van der Waals surface area contributed by atoms with E-state index in [-0.39, 0.29) is 0 Å². The van der Waals surface area contributed by atoms with E-state index in [2.05, 4.69) is 289 Å². The van der Waals surface area contributed by atoms with E-state index in [4.69, 9.17) is 0 Å². The molecule has 0 amide bonds. The minimum absolute atomic E-state index is 1.08. The number of aromatic nitrogens is 1. The van der Waals surface area contributed by atoms with E-state index < -0.39 is 0 Å². The molecule has 0 spiro atoms. The van der Waals surface area contributed by atoms with Gasteiger partial charge in [-0.2, -0.15) is 0 Å². The van der Waals surface area contributed by atoms with Crippen molar-refractivity contribution in [2.45, 2.75) is 0 Å². The second kappa shape index (κ2) is 17.4. The van der Waals surface area contributed by atoms with Crippen LogP contribution >= 0.6 is 0 Å². The van der Waals surface area contributed by atoms with Crippen LogP contribution in [0.15, 0.2) is 279 Å². The standard InChI is InChI=1S/C68H46N2/c1-2-15-47(16-3-1)50-35-40-57(41-36-50)69(58-42-37-51(38-43-58)49-31-33-53(34-32-49)61-26-13-20-52-18-6-7-23-60(52)61)65-28-10-8-24-62(65)55-21-12-22-56(45-55)63-27-14-30-67-68(63)64-25-9-11-29-66(64)70(67)59-44-39-48-17-4-5-19-54(48)46-59/h1-46H. The van der Waals surface area contributed by atoms with Gasteiger partial charge in [-0.3, -0.25) is 0 Å². The van der Waals surface area contributed by atoms with Gasteiger partial charge in [0.05, 0.1) is 16.7 Å². The van der Waals surface area contributed by atoms with E-state index >= 15 is 0 Å². The topological polar surface area (TPSA) is 8.17 Å². The van der Waals surface area contributed by atoms with Gasteiger partial charge >= 0.3 is 0 Å². The van der Waals surface area contributed by atoms with E-state index in [0.29, 0.717) is 0 Å². The van der Waals surface area contributed by atoms with Crippen LogP contribution in [0.2, 0.25) is 0 Å². The second-order valence-electron chi connectivity index (χ2n) is 18.1. The van der Waals surface area contributed by atoms with Gasteiger partial charge in [-0.15, -0.1) is 0 Å². The predicted octanol–water partition coefficient (Wildman–Crippen LogP) is 18.9. The average Bonchev–Trinajstić information content (AvgIpc) is 3.78. The molecule has 0 unspecified atom stereocenters. The Balaban J connectivity index is 0.902. The summed E-state index contributed by atoms with van der Waals surface area (Å²) in [6, 6.07) is 102. The molecule has 13 aromatic rings. The highest BCUT2D eigenvalue weighted by Crippen LogP contribution is 2.44. The summed E-state index contributed by atoms with van der Waals surface area (Å²) in [6.45, 7) is 0. The predicted molar refractivity (Wildman–Crippen MR) is 298 cm³/mol. The lowest BCUT2D eigenvalue weighted by Gasteiger charge is -2.28. The van der Waals surface area contributed by atoms with Gasteiger partial charge in [-0.05, 0) is 132 Å². The molecule has 1 heterocycles. The van der Waals surface area contributed by atoms with Crippen LogP contribution in [0.5, 0.6) is 0 Å². The zero-order valence-corrected chi connectivity index (χ0v) is 38.5. The summed E-state index contributed by atoms with van der Waals surface area (Å²) in [4.78, 5) is 2.40. The molecule has 2 nitrogen and oxygen atoms in total. The normalized spacial score (nSPS) is 11.4. The first-order chi connectivity index (χ1) is 34.7. The lowest BCUT2D eigenvalue weighted by Crippen LogP contribution is -2.11. The monoisotopic (exact) mass is 890 g/mol. The third-order valence-corrected chi connectivity index (χ3v) is 14.0. The second-order valence-corrected chi connectivity index (χ2v) is 18.1. The van der Waals surface area contributed by atoms with Crippen molar-refractivity contribution in [3.8, 4) is 61.3 Å². The maximum atomic E-state index is 2.42. The van der Waals surface area contributed by atoms with Gasteiger partial charge in [-0.1, -0.05) is 218 Å². The summed E-state index contributed by atoms with van der Waals surface area (Å²) < 4.78 is 2.42. The fraction of sp³-hybridized carbons (Fsp3) is 0. The van der Waals surface area contributed by atoms with Gasteiger partial charge in [0.15, 0.2) is 0 Å². The maximum absolute atomic E-state index is 2.42. The number of anilines is 3. The van der Waals surface area contributed by atoms with Crippen LogP contribution in [-0.2, 0) is 0 Å². The van der Waals surface area contributed by atoms with Crippen molar-refractivity contribution in [3.63, 3.8) is 0 Å². The van der Waals surface area contributed by atoms with E-state index in [0.717, 1.165) is 33.9 Å². The zero-order valence-electron chi connectivity index (χ0n) is 38.5. The van der Waals surface area contributed by atoms with Gasteiger partial charge in [0, 0.05) is 33.4 Å². The van der Waals surface area contributed by atoms with E-state index in [1.807, 2.05) is 0 Å². The quantitative estimate of drug-likeness (QED) is 0.140. The summed E-state index contributed by atoms with van der Waals surface area (Å²) in [5.74, 6) is 0. The molecule has 0 atom stereocenters. The molecule has 0 aliphatic heterocycles. The Morgan fingerprint density at radius 3 is 1.50 bits per heavy atom. The van der Waals surface area contributed by atoms with Gasteiger partial charge in [0.25, 0.3) is 0 Å². The van der Waals surface area contributed by atoms with Crippen molar-refractivity contribution >= 4 is 60.4 Å². The van der Waals surface area contributed by atoms with Crippen LogP contribution < -0.4 is 4.90 Å². The van der Waals surface area contributed by atoms with Crippen LogP contribution in [0, 0.1) is 0 Å². The Kier molecular flexibility index (Phi) is 10.2. The van der Waals surface area contributed by atoms with E-state index in [1.165, 1.54) is 87.9 Å². The molecule has 0 radical (unpaired) electrons. The number of hydrogen-bond acceptors (Lipinski definition) is 1. The molecule has 0 bridgehead atoms. The van der Waals surface area contributed by atoms with Gasteiger partial charge in [0.2, 0.25) is 0 Å². The summed E-state index contributed by atoms with van der Waals surface area (Å²) in [6.07, 6.45) is 0. The Morgan fingerprint density at radius 1 is 0.257 bits per heavy atom. The Morgan fingerprint density at radius 2 is 0.743 bits per heavy atom. The number of benzene rings is 12. The Hall–Kier alpha value is -9.24. The molecular formula is C68H46N2. The van der Waals surface area contributed by atoms with Crippen LogP contribution in [0.1, 0.15) is 0 Å². The highest BCUT2D eigenvalue weighted by Gasteiger charge is 2.20. The van der Waals surface area contributed by atoms with Crippen LogP contribution in [-0.4, -0.2) is 4.57 Å². The summed E-state index contributed by atoms with van der Waals surface area (Å²) in [5.41, 5.74) is 18.7. The van der Waals surface area contributed by atoms with Crippen molar-refractivity contribution in [2.75, 3.05) is 4.90 Å². The third kappa shape index (κ3) is 7.31. The molecule has 328 valence electrons. The molecule has 70 heavy (non-hydrogen) atoms. The summed E-state index contributed by atoms with van der Waals surface area (Å²) in [5, 5.41) is 7.48. The SMILES string of the molecule is c1ccc(-c2ccc(N(c3ccc(-c4ccc(-c5cccc6ccccc56)cc4)cc3)c3ccccc3-c3cccc(-c4cccc5c4c4ccccc4n5-c4ccc5ccccc5c4)c3)cc2)cc1. The van der Waals surface area contributed by atoms with Crippen molar-refractivity contribution in [3.05, 3.63) is 279 Å². The van der Waals surface area contributed by atoms with Crippen molar-refractivity contribution in [1.29, 1.82) is 0 Å². The molecule has 0 N–H and O–H groups in total. The maximum Gasteiger partial charge on any atom is 0.0547 e. The number of nitrogens with zero attached hydrogens (tertiary/aromatic N) is 2. The highest BCUT2D eigenvalue weighted by atomic mass is 15.1. The molecule has 0 saturated heterocycles. The van der Waals surface area contributed by atoms with Gasteiger partial charge in [-0.25, -0.2) is 0 Å². The first kappa shape index (κ1) is 41.0. The highest BCUT2D eigenvalue weighted by molar-refractivity contribution is 6.16. The number of rotatable bonds is 9. The largest absolute Gasteiger partial charge is 0.310 e. The molecule has 0 aliphatic carbocycles. The van der Waals surface area contributed by atoms with Crippen molar-refractivity contribution in [2.24, 2.45) is 0 Å². The molecule has 12 aromatic carbocycles. The fourth-order valence-corrected chi connectivity index (χ4v) is 10.6. The van der Waals surface area contributed by atoms with E-state index in [1.54, 1.807) is 0 Å². The van der Waals surface area contributed by atoms with Crippen LogP contribution in [0.25, 0.3) is 105 Å². The number of fused-ring (bicyclic) bond motifs is 5. The smallest absolute Gasteiger partial charge is 0.0547 e. The number of para-hydroxylation sites is 2. The summed E-state index contributed by atoms with van der Waals surface area (Å²) in [7, 11) is 0. The zero-order chi connectivity index (χ0) is 46.4. The van der Waals surface area contributed by atoms with Gasteiger partial charge < -0.3 is 9.47 Å². The minimum Gasteiger partial charge on any atom is -0.310 e. The molecule has 0 saturated carbocycles. The first-order valence-corrected chi connectivity index (χ1v) is 24.1. The van der Waals surface area contributed by atoms with Crippen LogP contribution in [0.3, 0.4) is 0 Å².